The predicted molar refractivity (Wildman–Crippen MR) is 97.3 cm³/mol. The summed E-state index contributed by atoms with van der Waals surface area (Å²) < 4.78 is 10.8. The number of nitrogens with zero attached hydrogens (tertiary/aromatic N) is 1. The monoisotopic (exact) mass is 327 g/mol. The van der Waals surface area contributed by atoms with E-state index in [4.69, 9.17) is 9.47 Å². The van der Waals surface area contributed by atoms with Gasteiger partial charge in [0.15, 0.2) is 5.96 Å². The number of para-hydroxylation sites is 1. The molecule has 0 bridgehead atoms. The summed E-state index contributed by atoms with van der Waals surface area (Å²) in [6, 6.07) is 18.2. The molecule has 0 saturated heterocycles. The second kappa shape index (κ2) is 10.3. The highest BCUT2D eigenvalue weighted by Crippen LogP contribution is 2.12. The number of hydrogen-bond acceptors (Lipinski definition) is 3. The van der Waals surface area contributed by atoms with Gasteiger partial charge in [0.05, 0.1) is 6.61 Å². The molecular formula is C19H25N3O2. The highest BCUT2D eigenvalue weighted by molar-refractivity contribution is 5.79. The molecule has 128 valence electrons. The Hall–Kier alpha value is -2.53. The van der Waals surface area contributed by atoms with Crippen molar-refractivity contribution in [3.8, 4) is 5.75 Å². The minimum absolute atomic E-state index is 0.567. The predicted octanol–water partition coefficient (Wildman–Crippen LogP) is 2.58. The van der Waals surface area contributed by atoms with Crippen LogP contribution in [-0.4, -0.2) is 33.3 Å². The van der Waals surface area contributed by atoms with E-state index in [9.17, 15) is 0 Å². The van der Waals surface area contributed by atoms with E-state index in [1.807, 2.05) is 30.3 Å². The number of nitrogens with one attached hydrogen (secondary N) is 2. The van der Waals surface area contributed by atoms with E-state index in [-0.39, 0.29) is 0 Å². The lowest BCUT2D eigenvalue weighted by Gasteiger charge is -2.12. The van der Waals surface area contributed by atoms with Gasteiger partial charge in [-0.3, -0.25) is 4.99 Å². The number of rotatable bonds is 8. The molecule has 0 saturated carbocycles. The molecule has 0 aliphatic carbocycles. The minimum Gasteiger partial charge on any atom is -0.489 e. The van der Waals surface area contributed by atoms with Gasteiger partial charge in [-0.25, -0.2) is 0 Å². The largest absolute Gasteiger partial charge is 0.489 e. The molecule has 0 aromatic heterocycles. The van der Waals surface area contributed by atoms with Gasteiger partial charge >= 0.3 is 0 Å². The summed E-state index contributed by atoms with van der Waals surface area (Å²) in [5.41, 5.74) is 2.33. The maximum Gasteiger partial charge on any atom is 0.191 e. The fourth-order valence-electron chi connectivity index (χ4n) is 2.11. The van der Waals surface area contributed by atoms with Crippen molar-refractivity contribution in [1.82, 2.24) is 10.6 Å². The summed E-state index contributed by atoms with van der Waals surface area (Å²) in [5, 5.41) is 6.46. The van der Waals surface area contributed by atoms with Gasteiger partial charge in [0.2, 0.25) is 0 Å². The van der Waals surface area contributed by atoms with E-state index in [2.05, 4.69) is 39.9 Å². The highest BCUT2D eigenvalue weighted by atomic mass is 16.5. The van der Waals surface area contributed by atoms with E-state index in [1.165, 1.54) is 5.56 Å². The third kappa shape index (κ3) is 6.30. The van der Waals surface area contributed by atoms with Crippen molar-refractivity contribution >= 4 is 5.96 Å². The lowest BCUT2D eigenvalue weighted by atomic mass is 10.1. The molecule has 2 aromatic rings. The molecule has 24 heavy (non-hydrogen) atoms. The van der Waals surface area contributed by atoms with Gasteiger partial charge < -0.3 is 20.1 Å². The van der Waals surface area contributed by atoms with E-state index in [0.29, 0.717) is 19.8 Å². The molecule has 0 unspecified atom stereocenters. The molecule has 2 N–H and O–H groups in total. The van der Waals surface area contributed by atoms with Crippen LogP contribution in [0.3, 0.4) is 0 Å². The summed E-state index contributed by atoms with van der Waals surface area (Å²) in [7, 11) is 3.44. The minimum atomic E-state index is 0.567. The van der Waals surface area contributed by atoms with Gasteiger partial charge in [0, 0.05) is 27.2 Å². The van der Waals surface area contributed by atoms with Gasteiger partial charge in [-0.1, -0.05) is 42.5 Å². The molecular weight excluding hydrogens is 302 g/mol. The maximum absolute atomic E-state index is 5.75. The zero-order valence-electron chi connectivity index (χ0n) is 14.3. The molecule has 0 amide bonds. The van der Waals surface area contributed by atoms with Crippen LogP contribution in [-0.2, 0) is 17.9 Å². The van der Waals surface area contributed by atoms with Crippen LogP contribution in [0.2, 0.25) is 0 Å². The molecule has 0 radical (unpaired) electrons. The van der Waals surface area contributed by atoms with Crippen LogP contribution in [0.5, 0.6) is 5.75 Å². The van der Waals surface area contributed by atoms with Crippen molar-refractivity contribution in [1.29, 1.82) is 0 Å². The lowest BCUT2D eigenvalue weighted by molar-refractivity contribution is 0.203. The second-order valence-corrected chi connectivity index (χ2v) is 5.26. The molecule has 2 aromatic carbocycles. The van der Waals surface area contributed by atoms with Crippen LogP contribution in [0, 0.1) is 0 Å². The van der Waals surface area contributed by atoms with Crippen molar-refractivity contribution in [2.75, 3.05) is 27.3 Å². The first-order valence-electron chi connectivity index (χ1n) is 8.01. The third-order valence-electron chi connectivity index (χ3n) is 3.45. The Kier molecular flexibility index (Phi) is 7.63. The van der Waals surface area contributed by atoms with E-state index in [0.717, 1.165) is 23.8 Å². The smallest absolute Gasteiger partial charge is 0.191 e. The topological polar surface area (TPSA) is 54.9 Å². The number of benzene rings is 2. The van der Waals surface area contributed by atoms with Gasteiger partial charge in [-0.2, -0.15) is 0 Å². The normalized spacial score (nSPS) is 11.2. The van der Waals surface area contributed by atoms with E-state index >= 15 is 0 Å². The zero-order chi connectivity index (χ0) is 17.0. The Morgan fingerprint density at radius 1 is 0.958 bits per heavy atom. The Bertz CT molecular complexity index is 612. The van der Waals surface area contributed by atoms with E-state index in [1.54, 1.807) is 14.2 Å². The molecule has 0 fully saturated rings. The molecule has 2 rings (SSSR count). The SMILES string of the molecule is CN=C(NCCOC)NCc1ccc(COc2ccccc2)cc1. The zero-order valence-corrected chi connectivity index (χ0v) is 14.3. The first kappa shape index (κ1) is 17.8. The molecule has 5 nitrogen and oxygen atoms in total. The molecule has 0 spiro atoms. The Morgan fingerprint density at radius 2 is 1.67 bits per heavy atom. The summed E-state index contributed by atoms with van der Waals surface area (Å²) in [6.07, 6.45) is 0. The summed E-state index contributed by atoms with van der Waals surface area (Å²) >= 11 is 0. The van der Waals surface area contributed by atoms with Crippen molar-refractivity contribution in [3.63, 3.8) is 0 Å². The standard InChI is InChI=1S/C19H25N3O2/c1-20-19(21-12-13-23-2)22-14-16-8-10-17(11-9-16)15-24-18-6-4-3-5-7-18/h3-11H,12-15H2,1-2H3,(H2,20,21,22). The first-order valence-corrected chi connectivity index (χ1v) is 8.01. The summed E-state index contributed by atoms with van der Waals surface area (Å²) in [6.45, 7) is 2.66. The van der Waals surface area contributed by atoms with Gasteiger partial charge in [-0.15, -0.1) is 0 Å². The van der Waals surface area contributed by atoms with Crippen molar-refractivity contribution in [3.05, 3.63) is 65.7 Å². The number of ether oxygens (including phenoxy) is 2. The molecule has 0 heterocycles. The van der Waals surface area contributed by atoms with Gasteiger partial charge in [0.25, 0.3) is 0 Å². The Morgan fingerprint density at radius 3 is 2.33 bits per heavy atom. The summed E-state index contributed by atoms with van der Waals surface area (Å²) in [5.74, 6) is 1.65. The molecule has 5 heteroatoms. The fraction of sp³-hybridized carbons (Fsp3) is 0.316. The average Bonchev–Trinajstić information content (AvgIpc) is 2.64. The van der Waals surface area contributed by atoms with Crippen LogP contribution < -0.4 is 15.4 Å². The van der Waals surface area contributed by atoms with Crippen molar-refractivity contribution in [2.24, 2.45) is 4.99 Å². The van der Waals surface area contributed by atoms with Crippen molar-refractivity contribution < 1.29 is 9.47 Å². The van der Waals surface area contributed by atoms with Crippen LogP contribution in [0.4, 0.5) is 0 Å². The Balaban J connectivity index is 1.77. The molecule has 0 atom stereocenters. The highest BCUT2D eigenvalue weighted by Gasteiger charge is 1.99. The number of aliphatic imine (C=N–C) groups is 1. The molecule has 0 aliphatic heterocycles. The average molecular weight is 327 g/mol. The van der Waals surface area contributed by atoms with Crippen LogP contribution in [0.1, 0.15) is 11.1 Å². The van der Waals surface area contributed by atoms with Crippen LogP contribution in [0.25, 0.3) is 0 Å². The molecule has 0 aliphatic rings. The fourth-order valence-corrected chi connectivity index (χ4v) is 2.11. The van der Waals surface area contributed by atoms with Gasteiger partial charge in [0.1, 0.15) is 12.4 Å². The number of hydrogen-bond donors (Lipinski definition) is 2. The summed E-state index contributed by atoms with van der Waals surface area (Å²) in [4.78, 5) is 4.17. The van der Waals surface area contributed by atoms with E-state index < -0.39 is 0 Å². The third-order valence-corrected chi connectivity index (χ3v) is 3.45. The van der Waals surface area contributed by atoms with Crippen LogP contribution in [0.15, 0.2) is 59.6 Å². The van der Waals surface area contributed by atoms with Crippen molar-refractivity contribution in [2.45, 2.75) is 13.2 Å². The van der Waals surface area contributed by atoms with Gasteiger partial charge in [-0.05, 0) is 23.3 Å². The Labute approximate surface area is 143 Å². The maximum atomic E-state index is 5.75. The quantitative estimate of drug-likeness (QED) is 0.444. The second-order valence-electron chi connectivity index (χ2n) is 5.26. The van der Waals surface area contributed by atoms with Crippen LogP contribution >= 0.6 is 0 Å². The number of methoxy groups -OCH3 is 1. The first-order chi connectivity index (χ1) is 11.8. The number of guanidine groups is 1. The lowest BCUT2D eigenvalue weighted by Crippen LogP contribution is -2.38.